The normalized spacial score (nSPS) is 19.9. The Morgan fingerprint density at radius 1 is 1.19 bits per heavy atom. The summed E-state index contributed by atoms with van der Waals surface area (Å²) in [7, 11) is 0. The second kappa shape index (κ2) is 7.62. The number of piperidine rings is 1. The summed E-state index contributed by atoms with van der Waals surface area (Å²) >= 11 is 2.97. The van der Waals surface area contributed by atoms with E-state index < -0.39 is 0 Å². The van der Waals surface area contributed by atoms with Gasteiger partial charge >= 0.3 is 0 Å². The van der Waals surface area contributed by atoms with Crippen molar-refractivity contribution in [2.45, 2.75) is 25.8 Å². The van der Waals surface area contributed by atoms with Gasteiger partial charge in [0.15, 0.2) is 5.13 Å². The maximum absolute atomic E-state index is 13.0. The Bertz CT molecular complexity index is 921. The monoisotopic (exact) mass is 397 g/mol. The van der Waals surface area contributed by atoms with Crippen molar-refractivity contribution in [2.24, 2.45) is 5.92 Å². The Morgan fingerprint density at radius 2 is 2.00 bits per heavy atom. The standard InChI is InChI=1S/C20H19N3O2S2/c1-13-4-6-14(7-5-13)23-17(24)9-8-15(18(23)16-3-2-11-26-16)19(25)22-20-21-10-12-27-20/h2-7,10-12,15,18H,8-9H2,1H3,(H,21,22,25)/t15-,18+/m1/s1. The molecule has 2 amide bonds. The number of thiazole rings is 1. The highest BCUT2D eigenvalue weighted by atomic mass is 32.1. The molecule has 0 saturated carbocycles. The van der Waals surface area contributed by atoms with Crippen LogP contribution in [0, 0.1) is 12.8 Å². The molecule has 3 aromatic rings. The highest BCUT2D eigenvalue weighted by Gasteiger charge is 2.42. The van der Waals surface area contributed by atoms with Crippen LogP contribution in [-0.4, -0.2) is 16.8 Å². The lowest BCUT2D eigenvalue weighted by atomic mass is 9.86. The first-order valence-electron chi connectivity index (χ1n) is 8.76. The Kier molecular flexibility index (Phi) is 5.05. The smallest absolute Gasteiger partial charge is 0.231 e. The van der Waals surface area contributed by atoms with Gasteiger partial charge in [0.2, 0.25) is 11.8 Å². The number of hydrogen-bond donors (Lipinski definition) is 1. The Hall–Kier alpha value is -2.51. The van der Waals surface area contributed by atoms with E-state index in [0.717, 1.165) is 16.1 Å². The van der Waals surface area contributed by atoms with Gasteiger partial charge in [-0.15, -0.1) is 22.7 Å². The van der Waals surface area contributed by atoms with E-state index in [2.05, 4.69) is 10.3 Å². The van der Waals surface area contributed by atoms with E-state index in [1.165, 1.54) is 11.3 Å². The van der Waals surface area contributed by atoms with Crippen molar-refractivity contribution in [3.8, 4) is 0 Å². The zero-order chi connectivity index (χ0) is 18.8. The second-order valence-electron chi connectivity index (χ2n) is 6.53. The van der Waals surface area contributed by atoms with Crippen LogP contribution >= 0.6 is 22.7 Å². The van der Waals surface area contributed by atoms with Gasteiger partial charge in [-0.25, -0.2) is 4.98 Å². The van der Waals surface area contributed by atoms with E-state index in [0.29, 0.717) is 18.0 Å². The summed E-state index contributed by atoms with van der Waals surface area (Å²) in [5.41, 5.74) is 1.96. The summed E-state index contributed by atoms with van der Waals surface area (Å²) in [6.45, 7) is 2.02. The molecule has 0 spiro atoms. The maximum Gasteiger partial charge on any atom is 0.231 e. The molecule has 0 aliphatic carbocycles. The third-order valence-corrected chi connectivity index (χ3v) is 6.37. The third kappa shape index (κ3) is 3.65. The van der Waals surface area contributed by atoms with Crippen molar-refractivity contribution < 1.29 is 9.59 Å². The average molecular weight is 398 g/mol. The lowest BCUT2D eigenvalue weighted by Crippen LogP contribution is -2.46. The third-order valence-electron chi connectivity index (χ3n) is 4.74. The number of carbonyl (C=O) groups excluding carboxylic acids is 2. The molecule has 1 aromatic carbocycles. The van der Waals surface area contributed by atoms with Crippen molar-refractivity contribution in [1.29, 1.82) is 0 Å². The molecular weight excluding hydrogens is 378 g/mol. The molecule has 4 rings (SSSR count). The van der Waals surface area contributed by atoms with Gasteiger partial charge in [-0.1, -0.05) is 23.8 Å². The molecule has 1 N–H and O–H groups in total. The number of nitrogens with zero attached hydrogens (tertiary/aromatic N) is 2. The number of nitrogens with one attached hydrogen (secondary N) is 1. The summed E-state index contributed by atoms with van der Waals surface area (Å²) in [5.74, 6) is -0.366. The van der Waals surface area contributed by atoms with Crippen LogP contribution in [-0.2, 0) is 9.59 Å². The molecule has 0 radical (unpaired) electrons. The molecule has 1 aliphatic rings. The predicted octanol–water partition coefficient (Wildman–Crippen LogP) is 4.64. The van der Waals surface area contributed by atoms with Crippen LogP contribution in [0.2, 0.25) is 0 Å². The lowest BCUT2D eigenvalue weighted by molar-refractivity contribution is -0.125. The van der Waals surface area contributed by atoms with Gasteiger partial charge in [0.1, 0.15) is 0 Å². The summed E-state index contributed by atoms with van der Waals surface area (Å²) in [6.07, 6.45) is 2.55. The van der Waals surface area contributed by atoms with Crippen LogP contribution in [0.15, 0.2) is 53.4 Å². The first-order valence-corrected chi connectivity index (χ1v) is 10.5. The molecule has 138 valence electrons. The van der Waals surface area contributed by atoms with Crippen LogP contribution < -0.4 is 10.2 Å². The number of amides is 2. The molecule has 0 unspecified atom stereocenters. The molecule has 7 heteroatoms. The van der Waals surface area contributed by atoms with Gasteiger partial charge in [0, 0.05) is 28.6 Å². The zero-order valence-corrected chi connectivity index (χ0v) is 16.4. The summed E-state index contributed by atoms with van der Waals surface area (Å²) in [6, 6.07) is 11.5. The molecule has 3 heterocycles. The molecule has 0 bridgehead atoms. The van der Waals surface area contributed by atoms with E-state index in [1.807, 2.05) is 54.1 Å². The first-order chi connectivity index (χ1) is 13.1. The van der Waals surface area contributed by atoms with Gasteiger partial charge in [-0.3, -0.25) is 9.59 Å². The van der Waals surface area contributed by atoms with Crippen LogP contribution in [0.25, 0.3) is 0 Å². The van der Waals surface area contributed by atoms with E-state index >= 15 is 0 Å². The molecule has 1 fully saturated rings. The van der Waals surface area contributed by atoms with Crippen molar-refractivity contribution in [2.75, 3.05) is 10.2 Å². The number of hydrogen-bond acceptors (Lipinski definition) is 5. The van der Waals surface area contributed by atoms with E-state index in [-0.39, 0.29) is 23.8 Å². The largest absolute Gasteiger partial charge is 0.303 e. The first kappa shape index (κ1) is 17.9. The number of rotatable bonds is 4. The van der Waals surface area contributed by atoms with E-state index in [4.69, 9.17) is 0 Å². The van der Waals surface area contributed by atoms with E-state index in [1.54, 1.807) is 22.4 Å². The zero-order valence-electron chi connectivity index (χ0n) is 14.8. The minimum Gasteiger partial charge on any atom is -0.303 e. The van der Waals surface area contributed by atoms with Crippen LogP contribution in [0.5, 0.6) is 0 Å². The van der Waals surface area contributed by atoms with Gasteiger partial charge in [0.05, 0.1) is 12.0 Å². The van der Waals surface area contributed by atoms with Gasteiger partial charge in [-0.05, 0) is 36.9 Å². The SMILES string of the molecule is Cc1ccc(N2C(=O)CC[C@@H](C(=O)Nc3nccs3)[C@H]2c2cccs2)cc1. The van der Waals surface area contributed by atoms with Crippen molar-refractivity contribution in [3.05, 3.63) is 63.8 Å². The highest BCUT2D eigenvalue weighted by Crippen LogP contribution is 2.42. The molecule has 1 saturated heterocycles. The van der Waals surface area contributed by atoms with Gasteiger partial charge in [-0.2, -0.15) is 0 Å². The van der Waals surface area contributed by atoms with Crippen molar-refractivity contribution in [1.82, 2.24) is 4.98 Å². The van der Waals surface area contributed by atoms with Gasteiger partial charge in [0.25, 0.3) is 0 Å². The molecule has 5 nitrogen and oxygen atoms in total. The van der Waals surface area contributed by atoms with Crippen molar-refractivity contribution in [3.63, 3.8) is 0 Å². The topological polar surface area (TPSA) is 62.3 Å². The summed E-state index contributed by atoms with van der Waals surface area (Å²) < 4.78 is 0. The molecule has 2 aromatic heterocycles. The second-order valence-corrected chi connectivity index (χ2v) is 8.41. The molecule has 27 heavy (non-hydrogen) atoms. The minimum atomic E-state index is -0.327. The van der Waals surface area contributed by atoms with Crippen molar-refractivity contribution >= 4 is 45.3 Å². The molecular formula is C20H19N3O2S2. The average Bonchev–Trinajstić information content (AvgIpc) is 3.36. The lowest BCUT2D eigenvalue weighted by Gasteiger charge is -2.40. The minimum absolute atomic E-state index is 0.0514. The fraction of sp³-hybridized carbons (Fsp3) is 0.250. The summed E-state index contributed by atoms with van der Waals surface area (Å²) in [4.78, 5) is 32.8. The Morgan fingerprint density at radius 3 is 2.67 bits per heavy atom. The van der Waals surface area contributed by atoms with Crippen LogP contribution in [0.4, 0.5) is 10.8 Å². The number of aryl methyl sites for hydroxylation is 1. The number of carbonyl (C=O) groups is 2. The quantitative estimate of drug-likeness (QED) is 0.698. The number of anilines is 2. The van der Waals surface area contributed by atoms with E-state index in [9.17, 15) is 9.59 Å². The number of thiophene rings is 1. The molecule has 1 aliphatic heterocycles. The summed E-state index contributed by atoms with van der Waals surface area (Å²) in [5, 5.41) is 7.31. The van der Waals surface area contributed by atoms with Gasteiger partial charge < -0.3 is 10.2 Å². The Labute approximate surface area is 165 Å². The maximum atomic E-state index is 13.0. The Balaban J connectivity index is 1.71. The number of aromatic nitrogens is 1. The van der Waals surface area contributed by atoms with Crippen LogP contribution in [0.3, 0.4) is 0 Å². The fourth-order valence-corrected chi connectivity index (χ4v) is 4.86. The predicted molar refractivity (Wildman–Crippen MR) is 109 cm³/mol. The number of benzene rings is 1. The van der Waals surface area contributed by atoms with Crippen LogP contribution in [0.1, 0.15) is 29.3 Å². The fourth-order valence-electron chi connectivity index (χ4n) is 3.45. The highest BCUT2D eigenvalue weighted by molar-refractivity contribution is 7.13. The molecule has 2 atom stereocenters.